The molecule has 0 aliphatic rings. The number of benzene rings is 3. The van der Waals surface area contributed by atoms with Crippen LogP contribution < -0.4 is 10.1 Å². The summed E-state index contributed by atoms with van der Waals surface area (Å²) in [5, 5.41) is 5.03. The normalized spacial score (nSPS) is 11.2. The lowest BCUT2D eigenvalue weighted by Gasteiger charge is -2.09. The first kappa shape index (κ1) is 17.2. The smallest absolute Gasteiger partial charge is 0.255 e. The Balaban J connectivity index is 1.51. The highest BCUT2D eigenvalue weighted by Gasteiger charge is 2.10. The molecule has 3 aromatic carbocycles. The predicted octanol–water partition coefficient (Wildman–Crippen LogP) is 5.87. The Kier molecular flexibility index (Phi) is 4.55. The Bertz CT molecular complexity index is 1090. The first-order chi connectivity index (χ1) is 13.1. The van der Waals surface area contributed by atoms with Crippen LogP contribution in [0.5, 0.6) is 5.75 Å². The van der Waals surface area contributed by atoms with Crippen molar-refractivity contribution in [2.24, 2.45) is 5.92 Å². The molecular weight excluding hydrogens is 338 g/mol. The molecule has 0 spiro atoms. The highest BCUT2D eigenvalue weighted by molar-refractivity contribution is 6.08. The predicted molar refractivity (Wildman–Crippen MR) is 108 cm³/mol. The summed E-state index contributed by atoms with van der Waals surface area (Å²) in [6.07, 6.45) is 0. The summed E-state index contributed by atoms with van der Waals surface area (Å²) in [5.41, 5.74) is 2.88. The molecule has 136 valence electrons. The van der Waals surface area contributed by atoms with Gasteiger partial charge in [0, 0.05) is 28.1 Å². The molecule has 4 nitrogen and oxygen atoms in total. The minimum Gasteiger partial charge on any atom is -0.493 e. The summed E-state index contributed by atoms with van der Waals surface area (Å²) >= 11 is 0. The Morgan fingerprint density at radius 3 is 2.48 bits per heavy atom. The van der Waals surface area contributed by atoms with Gasteiger partial charge >= 0.3 is 0 Å². The second-order valence-electron chi connectivity index (χ2n) is 6.99. The molecule has 1 amide bonds. The maximum absolute atomic E-state index is 12.5. The molecule has 0 saturated heterocycles. The number of para-hydroxylation sites is 1. The van der Waals surface area contributed by atoms with E-state index in [0.29, 0.717) is 23.8 Å². The van der Waals surface area contributed by atoms with Crippen molar-refractivity contribution in [3.8, 4) is 5.75 Å². The van der Waals surface area contributed by atoms with Gasteiger partial charge in [-0.05, 0) is 48.4 Å². The number of amides is 1. The van der Waals surface area contributed by atoms with Crippen molar-refractivity contribution < 1.29 is 13.9 Å². The van der Waals surface area contributed by atoms with Gasteiger partial charge in [-0.1, -0.05) is 32.0 Å². The molecular formula is C23H21NO3. The van der Waals surface area contributed by atoms with E-state index in [1.807, 2.05) is 54.6 Å². The van der Waals surface area contributed by atoms with Gasteiger partial charge in [-0.2, -0.15) is 0 Å². The van der Waals surface area contributed by atoms with E-state index in [1.165, 1.54) is 0 Å². The average Bonchev–Trinajstić information content (AvgIpc) is 3.04. The molecule has 1 N–H and O–H groups in total. The number of fused-ring (bicyclic) bond motifs is 3. The van der Waals surface area contributed by atoms with Gasteiger partial charge in [0.2, 0.25) is 0 Å². The zero-order chi connectivity index (χ0) is 18.8. The number of anilines is 1. The molecule has 0 radical (unpaired) electrons. The van der Waals surface area contributed by atoms with Gasteiger partial charge in [0.15, 0.2) is 0 Å². The molecule has 0 saturated carbocycles. The van der Waals surface area contributed by atoms with Crippen LogP contribution in [-0.2, 0) is 0 Å². The number of ether oxygens (including phenoxy) is 1. The molecule has 0 fully saturated rings. The molecule has 4 heteroatoms. The number of hydrogen-bond acceptors (Lipinski definition) is 3. The van der Waals surface area contributed by atoms with E-state index >= 15 is 0 Å². The Labute approximate surface area is 157 Å². The summed E-state index contributed by atoms with van der Waals surface area (Å²) in [6, 6.07) is 20.8. The van der Waals surface area contributed by atoms with Crippen molar-refractivity contribution in [1.29, 1.82) is 0 Å². The largest absolute Gasteiger partial charge is 0.493 e. The fourth-order valence-corrected chi connectivity index (χ4v) is 2.97. The second-order valence-corrected chi connectivity index (χ2v) is 6.99. The Morgan fingerprint density at radius 2 is 1.70 bits per heavy atom. The van der Waals surface area contributed by atoms with E-state index in [4.69, 9.17) is 9.15 Å². The molecule has 0 aliphatic carbocycles. The number of nitrogens with one attached hydrogen (secondary N) is 1. The van der Waals surface area contributed by atoms with Gasteiger partial charge < -0.3 is 14.5 Å². The zero-order valence-corrected chi connectivity index (χ0v) is 15.4. The monoisotopic (exact) mass is 359 g/mol. The lowest BCUT2D eigenvalue weighted by Crippen LogP contribution is -2.11. The summed E-state index contributed by atoms with van der Waals surface area (Å²) in [7, 11) is 0. The molecule has 0 atom stereocenters. The van der Waals surface area contributed by atoms with E-state index in [9.17, 15) is 4.79 Å². The topological polar surface area (TPSA) is 51.5 Å². The van der Waals surface area contributed by atoms with E-state index in [1.54, 1.807) is 12.1 Å². The minimum absolute atomic E-state index is 0.166. The van der Waals surface area contributed by atoms with Crippen molar-refractivity contribution in [3.05, 3.63) is 72.3 Å². The van der Waals surface area contributed by atoms with Crippen LogP contribution in [0.3, 0.4) is 0 Å². The van der Waals surface area contributed by atoms with Crippen LogP contribution in [0.4, 0.5) is 5.69 Å². The van der Waals surface area contributed by atoms with E-state index < -0.39 is 0 Å². The number of hydrogen-bond donors (Lipinski definition) is 1. The first-order valence-corrected chi connectivity index (χ1v) is 9.05. The fraction of sp³-hybridized carbons (Fsp3) is 0.174. The highest BCUT2D eigenvalue weighted by Crippen LogP contribution is 2.30. The van der Waals surface area contributed by atoms with Gasteiger partial charge in [0.25, 0.3) is 5.91 Å². The summed E-state index contributed by atoms with van der Waals surface area (Å²) < 4.78 is 11.5. The van der Waals surface area contributed by atoms with Crippen molar-refractivity contribution in [1.82, 2.24) is 0 Å². The Hall–Kier alpha value is -3.27. The van der Waals surface area contributed by atoms with E-state index in [2.05, 4.69) is 19.2 Å². The third-order valence-electron chi connectivity index (χ3n) is 4.34. The summed E-state index contributed by atoms with van der Waals surface area (Å²) in [6.45, 7) is 4.85. The van der Waals surface area contributed by atoms with Gasteiger partial charge in [0.1, 0.15) is 16.9 Å². The van der Waals surface area contributed by atoms with Gasteiger partial charge in [-0.3, -0.25) is 4.79 Å². The van der Waals surface area contributed by atoms with Crippen molar-refractivity contribution in [2.45, 2.75) is 13.8 Å². The van der Waals surface area contributed by atoms with Crippen molar-refractivity contribution >= 4 is 33.5 Å². The molecule has 0 aliphatic heterocycles. The van der Waals surface area contributed by atoms with Crippen LogP contribution in [0.25, 0.3) is 21.9 Å². The molecule has 0 unspecified atom stereocenters. The van der Waals surface area contributed by atoms with E-state index in [-0.39, 0.29) is 5.91 Å². The van der Waals surface area contributed by atoms with E-state index in [0.717, 1.165) is 27.7 Å². The van der Waals surface area contributed by atoms with Crippen molar-refractivity contribution in [3.63, 3.8) is 0 Å². The van der Waals surface area contributed by atoms with Crippen LogP contribution in [0.1, 0.15) is 24.2 Å². The SMILES string of the molecule is CC(C)COc1ccc(C(=O)Nc2ccc3c(c2)oc2ccccc23)cc1. The molecule has 0 bridgehead atoms. The van der Waals surface area contributed by atoms with Gasteiger partial charge in [-0.15, -0.1) is 0 Å². The lowest BCUT2D eigenvalue weighted by molar-refractivity contribution is 0.102. The number of rotatable bonds is 5. The standard InChI is InChI=1S/C23H21NO3/c1-15(2)14-26-18-10-7-16(8-11-18)23(25)24-17-9-12-20-19-5-3-4-6-21(19)27-22(20)13-17/h3-13,15H,14H2,1-2H3,(H,24,25). The van der Waals surface area contributed by atoms with Crippen molar-refractivity contribution in [2.75, 3.05) is 11.9 Å². The lowest BCUT2D eigenvalue weighted by atomic mass is 10.1. The fourth-order valence-electron chi connectivity index (χ4n) is 2.97. The van der Waals surface area contributed by atoms with Crippen LogP contribution >= 0.6 is 0 Å². The van der Waals surface area contributed by atoms with Gasteiger partial charge in [0.05, 0.1) is 6.61 Å². The average molecular weight is 359 g/mol. The quantitative estimate of drug-likeness (QED) is 0.484. The van der Waals surface area contributed by atoms with Gasteiger partial charge in [-0.25, -0.2) is 0 Å². The first-order valence-electron chi connectivity index (χ1n) is 9.05. The number of carbonyl (C=O) groups is 1. The maximum Gasteiger partial charge on any atom is 0.255 e. The third kappa shape index (κ3) is 3.65. The molecule has 4 rings (SSSR count). The summed E-state index contributed by atoms with van der Waals surface area (Å²) in [5.74, 6) is 1.06. The second kappa shape index (κ2) is 7.16. The van der Waals surface area contributed by atoms with Crippen LogP contribution in [-0.4, -0.2) is 12.5 Å². The highest BCUT2D eigenvalue weighted by atomic mass is 16.5. The maximum atomic E-state index is 12.5. The Morgan fingerprint density at radius 1 is 0.963 bits per heavy atom. The van der Waals surface area contributed by atoms with Crippen LogP contribution in [0.2, 0.25) is 0 Å². The molecule has 4 aromatic rings. The molecule has 1 heterocycles. The summed E-state index contributed by atoms with van der Waals surface area (Å²) in [4.78, 5) is 12.5. The van der Waals surface area contributed by atoms with Crippen LogP contribution in [0.15, 0.2) is 71.1 Å². The number of furan rings is 1. The zero-order valence-electron chi connectivity index (χ0n) is 15.4. The molecule has 1 aromatic heterocycles. The molecule has 27 heavy (non-hydrogen) atoms. The minimum atomic E-state index is -0.166. The van der Waals surface area contributed by atoms with Crippen LogP contribution in [0, 0.1) is 5.92 Å². The number of carbonyl (C=O) groups excluding carboxylic acids is 1. The third-order valence-corrected chi connectivity index (χ3v) is 4.34.